The van der Waals surface area contributed by atoms with E-state index in [1.165, 1.54) is 30.6 Å². The van der Waals surface area contributed by atoms with Gasteiger partial charge in [0.2, 0.25) is 0 Å². The molecule has 2 fully saturated rings. The van der Waals surface area contributed by atoms with E-state index in [0.29, 0.717) is 18.7 Å². The first-order chi connectivity index (χ1) is 9.86. The quantitative estimate of drug-likeness (QED) is 0.849. The van der Waals surface area contributed by atoms with E-state index >= 15 is 0 Å². The van der Waals surface area contributed by atoms with Gasteiger partial charge in [-0.1, -0.05) is 24.7 Å². The molecule has 4 heteroatoms. The highest BCUT2D eigenvalue weighted by Crippen LogP contribution is 2.30. The van der Waals surface area contributed by atoms with Crippen LogP contribution in [0.25, 0.3) is 0 Å². The maximum atomic E-state index is 5.93. The van der Waals surface area contributed by atoms with Gasteiger partial charge in [0.1, 0.15) is 0 Å². The van der Waals surface area contributed by atoms with E-state index in [1.807, 2.05) is 0 Å². The molecule has 1 saturated heterocycles. The summed E-state index contributed by atoms with van der Waals surface area (Å²) in [6.07, 6.45) is 5.66. The largest absolute Gasteiger partial charge is 0.375 e. The van der Waals surface area contributed by atoms with Gasteiger partial charge in [-0.05, 0) is 25.0 Å². The van der Waals surface area contributed by atoms with Crippen molar-refractivity contribution in [3.63, 3.8) is 0 Å². The lowest BCUT2D eigenvalue weighted by Crippen LogP contribution is -2.51. The molecule has 1 aliphatic heterocycles. The number of fused-ring (bicyclic) bond motifs is 1. The molecule has 0 aromatic carbocycles. The van der Waals surface area contributed by atoms with Crippen molar-refractivity contribution in [2.45, 2.75) is 44.4 Å². The van der Waals surface area contributed by atoms with Gasteiger partial charge in [-0.15, -0.1) is 11.3 Å². The van der Waals surface area contributed by atoms with Crippen LogP contribution in [-0.2, 0) is 11.3 Å². The number of nitrogens with two attached hydrogens (primary N) is 1. The molecule has 1 aromatic heterocycles. The first kappa shape index (κ1) is 14.1. The lowest BCUT2D eigenvalue weighted by Gasteiger charge is -2.43. The summed E-state index contributed by atoms with van der Waals surface area (Å²) in [7, 11) is 0. The lowest BCUT2D eigenvalue weighted by atomic mass is 9.90. The van der Waals surface area contributed by atoms with Crippen LogP contribution >= 0.6 is 11.3 Å². The van der Waals surface area contributed by atoms with Crippen LogP contribution in [0.3, 0.4) is 0 Å². The van der Waals surface area contributed by atoms with Crippen LogP contribution in [0.2, 0.25) is 0 Å². The van der Waals surface area contributed by atoms with Crippen molar-refractivity contribution in [2.75, 3.05) is 19.7 Å². The number of hydrogen-bond donors (Lipinski definition) is 1. The van der Waals surface area contributed by atoms with E-state index in [2.05, 4.69) is 28.9 Å². The van der Waals surface area contributed by atoms with Crippen LogP contribution in [-0.4, -0.2) is 36.7 Å². The van der Waals surface area contributed by atoms with E-state index in [9.17, 15) is 0 Å². The van der Waals surface area contributed by atoms with Gasteiger partial charge >= 0.3 is 0 Å². The van der Waals surface area contributed by atoms with Crippen molar-refractivity contribution >= 4 is 11.3 Å². The van der Waals surface area contributed by atoms with Crippen molar-refractivity contribution in [3.05, 3.63) is 21.9 Å². The summed E-state index contributed by atoms with van der Waals surface area (Å²) in [5.74, 6) is 6.04. The zero-order chi connectivity index (χ0) is 13.8. The highest BCUT2D eigenvalue weighted by Gasteiger charge is 2.34. The molecule has 2 atom stereocenters. The number of thiophene rings is 1. The Balaban J connectivity index is 1.65. The molecule has 1 saturated carbocycles. The Morgan fingerprint density at radius 1 is 1.35 bits per heavy atom. The van der Waals surface area contributed by atoms with Gasteiger partial charge in [0, 0.05) is 24.0 Å². The SMILES string of the molecule is NCC#Cc1ccc(CN2CCOC3CCCCC32)s1. The number of morpholine rings is 1. The summed E-state index contributed by atoms with van der Waals surface area (Å²) in [6.45, 7) is 3.41. The van der Waals surface area contributed by atoms with E-state index in [0.717, 1.165) is 24.6 Å². The fraction of sp³-hybridized carbons (Fsp3) is 0.625. The van der Waals surface area contributed by atoms with Crippen LogP contribution < -0.4 is 5.73 Å². The highest BCUT2D eigenvalue weighted by atomic mass is 32.1. The first-order valence-electron chi connectivity index (χ1n) is 7.50. The number of hydrogen-bond acceptors (Lipinski definition) is 4. The van der Waals surface area contributed by atoms with Gasteiger partial charge in [0.15, 0.2) is 0 Å². The average Bonchev–Trinajstić information content (AvgIpc) is 2.93. The van der Waals surface area contributed by atoms with E-state index in [-0.39, 0.29) is 0 Å². The Morgan fingerprint density at radius 2 is 2.25 bits per heavy atom. The van der Waals surface area contributed by atoms with Crippen LogP contribution in [0.1, 0.15) is 35.4 Å². The molecule has 0 bridgehead atoms. The fourth-order valence-corrected chi connectivity index (χ4v) is 4.15. The standard InChI is InChI=1S/C16H22N2OS/c17-9-3-4-13-7-8-14(20-13)12-18-10-11-19-16-6-2-1-5-15(16)18/h7-8,15-16H,1-2,5-6,9-12,17H2. The van der Waals surface area contributed by atoms with Gasteiger partial charge in [0.25, 0.3) is 0 Å². The maximum absolute atomic E-state index is 5.93. The molecule has 0 amide bonds. The molecule has 3 rings (SSSR count). The third kappa shape index (κ3) is 3.24. The predicted molar refractivity (Wildman–Crippen MR) is 82.7 cm³/mol. The Bertz CT molecular complexity index is 500. The molecule has 0 spiro atoms. The zero-order valence-electron chi connectivity index (χ0n) is 11.8. The van der Waals surface area contributed by atoms with Crippen molar-refractivity contribution in [1.82, 2.24) is 4.90 Å². The molecule has 1 aliphatic carbocycles. The van der Waals surface area contributed by atoms with Crippen molar-refractivity contribution < 1.29 is 4.74 Å². The summed E-state index contributed by atoms with van der Waals surface area (Å²) in [5, 5.41) is 0. The summed E-state index contributed by atoms with van der Waals surface area (Å²) >= 11 is 1.79. The third-order valence-corrected chi connectivity index (χ3v) is 5.17. The second-order valence-electron chi connectivity index (χ2n) is 5.50. The Morgan fingerprint density at radius 3 is 3.15 bits per heavy atom. The topological polar surface area (TPSA) is 38.5 Å². The highest BCUT2D eigenvalue weighted by molar-refractivity contribution is 7.12. The Hall–Kier alpha value is -0.860. The molecular weight excluding hydrogens is 268 g/mol. The second kappa shape index (κ2) is 6.73. The first-order valence-corrected chi connectivity index (χ1v) is 8.32. The maximum Gasteiger partial charge on any atom is 0.0772 e. The third-order valence-electron chi connectivity index (χ3n) is 4.18. The normalized spacial score (nSPS) is 26.6. The lowest BCUT2D eigenvalue weighted by molar-refractivity contribution is -0.0908. The minimum Gasteiger partial charge on any atom is -0.375 e. The van der Waals surface area contributed by atoms with Crippen LogP contribution in [0, 0.1) is 11.8 Å². The van der Waals surface area contributed by atoms with Gasteiger partial charge in [-0.2, -0.15) is 0 Å². The fourth-order valence-electron chi connectivity index (χ4n) is 3.24. The molecule has 2 heterocycles. The molecule has 1 aromatic rings. The van der Waals surface area contributed by atoms with E-state index in [4.69, 9.17) is 10.5 Å². The Labute approximate surface area is 125 Å². The molecule has 2 N–H and O–H groups in total. The Kier molecular flexibility index (Phi) is 4.74. The minimum atomic E-state index is 0.431. The summed E-state index contributed by atoms with van der Waals surface area (Å²) in [4.78, 5) is 5.13. The molecular formula is C16H22N2OS. The predicted octanol–water partition coefficient (Wildman–Crippen LogP) is 2.20. The molecule has 20 heavy (non-hydrogen) atoms. The summed E-state index contributed by atoms with van der Waals surface area (Å²) < 4.78 is 5.93. The number of ether oxygens (including phenoxy) is 1. The summed E-state index contributed by atoms with van der Waals surface area (Å²) in [5.41, 5.74) is 5.41. The molecule has 3 nitrogen and oxygen atoms in total. The summed E-state index contributed by atoms with van der Waals surface area (Å²) in [6, 6.07) is 4.94. The molecule has 2 aliphatic rings. The van der Waals surface area contributed by atoms with E-state index < -0.39 is 0 Å². The van der Waals surface area contributed by atoms with Crippen molar-refractivity contribution in [3.8, 4) is 11.8 Å². The smallest absolute Gasteiger partial charge is 0.0772 e. The van der Waals surface area contributed by atoms with Gasteiger partial charge in [-0.25, -0.2) is 0 Å². The van der Waals surface area contributed by atoms with Crippen molar-refractivity contribution in [2.24, 2.45) is 5.73 Å². The number of nitrogens with zero attached hydrogens (tertiary/aromatic N) is 1. The zero-order valence-corrected chi connectivity index (χ0v) is 12.6. The number of rotatable bonds is 2. The van der Waals surface area contributed by atoms with Gasteiger partial charge in [-0.3, -0.25) is 4.90 Å². The molecule has 108 valence electrons. The van der Waals surface area contributed by atoms with Crippen molar-refractivity contribution in [1.29, 1.82) is 0 Å². The average molecular weight is 290 g/mol. The van der Waals surface area contributed by atoms with E-state index in [1.54, 1.807) is 11.3 Å². The van der Waals surface area contributed by atoms with Crippen LogP contribution in [0.4, 0.5) is 0 Å². The van der Waals surface area contributed by atoms with Crippen LogP contribution in [0.15, 0.2) is 12.1 Å². The molecule has 2 unspecified atom stereocenters. The minimum absolute atomic E-state index is 0.431. The molecule has 0 radical (unpaired) electrons. The monoisotopic (exact) mass is 290 g/mol. The van der Waals surface area contributed by atoms with Gasteiger partial charge in [0.05, 0.1) is 24.1 Å². The second-order valence-corrected chi connectivity index (χ2v) is 6.67. The van der Waals surface area contributed by atoms with Crippen LogP contribution in [0.5, 0.6) is 0 Å². The van der Waals surface area contributed by atoms with Gasteiger partial charge < -0.3 is 10.5 Å².